The maximum atomic E-state index is 12.8. The van der Waals surface area contributed by atoms with Crippen LogP contribution in [0.25, 0.3) is 0 Å². The molecule has 1 unspecified atom stereocenters. The quantitative estimate of drug-likeness (QED) is 0.655. The minimum atomic E-state index is -4.53. The van der Waals surface area contributed by atoms with Crippen LogP contribution in [0.1, 0.15) is 29.0 Å². The Morgan fingerprint density at radius 3 is 2.55 bits per heavy atom. The first-order chi connectivity index (χ1) is 14.5. The first kappa shape index (κ1) is 22.7. The summed E-state index contributed by atoms with van der Waals surface area (Å²) >= 11 is 0. The Morgan fingerprint density at radius 1 is 1.29 bits per heavy atom. The third-order valence-corrected chi connectivity index (χ3v) is 4.98. The van der Waals surface area contributed by atoms with Gasteiger partial charge in [-0.1, -0.05) is 24.3 Å². The number of carbonyl (C=O) groups is 1. The minimum absolute atomic E-state index is 0.0749. The van der Waals surface area contributed by atoms with Crippen LogP contribution >= 0.6 is 0 Å². The van der Waals surface area contributed by atoms with Gasteiger partial charge in [0.25, 0.3) is 5.91 Å². The summed E-state index contributed by atoms with van der Waals surface area (Å²) in [5.41, 5.74) is -0.159. The van der Waals surface area contributed by atoms with Crippen LogP contribution in [0.3, 0.4) is 0 Å². The number of nitrogens with one attached hydrogen (secondary N) is 1. The summed E-state index contributed by atoms with van der Waals surface area (Å²) in [6.45, 7) is 0. The SMILES string of the molecule is CS(=O)(=O)/C=C/C(NC(=O)c1cnc(CC(F)(F)F)nc1Oc1ccccc1)C1CC1. The predicted molar refractivity (Wildman–Crippen MR) is 106 cm³/mol. The molecule has 1 aliphatic carbocycles. The van der Waals surface area contributed by atoms with Gasteiger partial charge in [0.15, 0.2) is 9.84 Å². The Hall–Kier alpha value is -2.95. The predicted octanol–water partition coefficient (Wildman–Crippen LogP) is 3.44. The molecule has 0 bridgehead atoms. The molecule has 1 aliphatic rings. The highest BCUT2D eigenvalue weighted by atomic mass is 32.2. The fourth-order valence-corrected chi connectivity index (χ4v) is 3.19. The third kappa shape index (κ3) is 7.35. The van der Waals surface area contributed by atoms with Crippen molar-refractivity contribution in [2.24, 2.45) is 5.92 Å². The van der Waals surface area contributed by atoms with Crippen molar-refractivity contribution in [3.63, 3.8) is 0 Å². The van der Waals surface area contributed by atoms with E-state index in [-0.39, 0.29) is 23.1 Å². The molecule has 1 fully saturated rings. The Kier molecular flexibility index (Phi) is 6.63. The van der Waals surface area contributed by atoms with E-state index in [1.54, 1.807) is 30.3 Å². The molecule has 1 atom stereocenters. The average Bonchev–Trinajstić information content (AvgIpc) is 3.49. The molecule has 3 rings (SSSR count). The van der Waals surface area contributed by atoms with Crippen molar-refractivity contribution in [1.82, 2.24) is 15.3 Å². The van der Waals surface area contributed by atoms with Gasteiger partial charge in [0.1, 0.15) is 23.6 Å². The number of amides is 1. The molecule has 0 aliphatic heterocycles. The zero-order valence-corrected chi connectivity index (χ0v) is 17.3. The summed E-state index contributed by atoms with van der Waals surface area (Å²) in [6.07, 6.45) is -0.869. The molecule has 1 saturated carbocycles. The van der Waals surface area contributed by atoms with Crippen molar-refractivity contribution in [2.45, 2.75) is 31.5 Å². The van der Waals surface area contributed by atoms with Crippen molar-refractivity contribution < 1.29 is 31.1 Å². The zero-order valence-electron chi connectivity index (χ0n) is 16.5. The van der Waals surface area contributed by atoms with Gasteiger partial charge < -0.3 is 10.1 Å². The standard InChI is InChI=1S/C20H20F3N3O4S/c1-31(28,29)10-9-16(13-7-8-13)25-18(27)15-12-24-17(11-20(21,22)23)26-19(15)30-14-5-3-2-4-6-14/h2-6,9-10,12-13,16H,7-8,11H2,1H3,(H,25,27)/b10-9+. The van der Waals surface area contributed by atoms with E-state index in [4.69, 9.17) is 4.74 Å². The molecule has 1 aromatic carbocycles. The number of benzene rings is 1. The molecule has 7 nitrogen and oxygen atoms in total. The number of hydrogen-bond acceptors (Lipinski definition) is 6. The number of hydrogen-bond donors (Lipinski definition) is 1. The highest BCUT2D eigenvalue weighted by Crippen LogP contribution is 2.34. The summed E-state index contributed by atoms with van der Waals surface area (Å²) in [7, 11) is -3.38. The number of ether oxygens (including phenoxy) is 1. The van der Waals surface area contributed by atoms with Gasteiger partial charge in [-0.2, -0.15) is 18.2 Å². The molecule has 0 radical (unpaired) electrons. The van der Waals surface area contributed by atoms with Crippen molar-refractivity contribution in [3.8, 4) is 11.6 Å². The van der Waals surface area contributed by atoms with Crippen LogP contribution < -0.4 is 10.1 Å². The maximum absolute atomic E-state index is 12.8. The molecular weight excluding hydrogens is 435 g/mol. The van der Waals surface area contributed by atoms with Crippen molar-refractivity contribution in [1.29, 1.82) is 0 Å². The lowest BCUT2D eigenvalue weighted by atomic mass is 10.1. The minimum Gasteiger partial charge on any atom is -0.438 e. The highest BCUT2D eigenvalue weighted by molar-refractivity contribution is 7.93. The Bertz CT molecular complexity index is 1070. The fraction of sp³-hybridized carbons (Fsp3) is 0.350. The van der Waals surface area contributed by atoms with Crippen LogP contribution in [-0.4, -0.2) is 42.8 Å². The van der Waals surface area contributed by atoms with Gasteiger partial charge in [-0.15, -0.1) is 0 Å². The number of rotatable bonds is 8. The second-order valence-corrected chi connectivity index (χ2v) is 9.14. The number of alkyl halides is 3. The van der Waals surface area contributed by atoms with Gasteiger partial charge in [0.2, 0.25) is 5.88 Å². The monoisotopic (exact) mass is 455 g/mol. The Morgan fingerprint density at radius 2 is 1.97 bits per heavy atom. The molecule has 0 saturated heterocycles. The van der Waals surface area contributed by atoms with Crippen LogP contribution in [0.2, 0.25) is 0 Å². The molecule has 1 amide bonds. The van der Waals surface area contributed by atoms with Gasteiger partial charge in [-0.05, 0) is 30.9 Å². The van der Waals surface area contributed by atoms with Crippen LogP contribution in [0.15, 0.2) is 48.0 Å². The summed E-state index contributed by atoms with van der Waals surface area (Å²) in [5.74, 6) is -1.18. The molecule has 11 heteroatoms. The van der Waals surface area contributed by atoms with E-state index in [0.29, 0.717) is 0 Å². The fourth-order valence-electron chi connectivity index (χ4n) is 2.73. The highest BCUT2D eigenvalue weighted by Gasteiger charge is 2.33. The van der Waals surface area contributed by atoms with E-state index in [2.05, 4.69) is 15.3 Å². The van der Waals surface area contributed by atoms with E-state index in [1.807, 2.05) is 0 Å². The van der Waals surface area contributed by atoms with Gasteiger partial charge in [-0.3, -0.25) is 4.79 Å². The number of aromatic nitrogens is 2. The lowest BCUT2D eigenvalue weighted by molar-refractivity contribution is -0.128. The van der Waals surface area contributed by atoms with Crippen LogP contribution in [0.5, 0.6) is 11.6 Å². The topological polar surface area (TPSA) is 98.2 Å². The van der Waals surface area contributed by atoms with Crippen molar-refractivity contribution >= 4 is 15.7 Å². The van der Waals surface area contributed by atoms with E-state index in [0.717, 1.165) is 30.7 Å². The van der Waals surface area contributed by atoms with E-state index in [9.17, 15) is 26.4 Å². The first-order valence-corrected chi connectivity index (χ1v) is 11.3. The lowest BCUT2D eigenvalue weighted by Crippen LogP contribution is -2.35. The van der Waals surface area contributed by atoms with Gasteiger partial charge in [-0.25, -0.2) is 13.4 Å². The summed E-state index contributed by atoms with van der Waals surface area (Å²) < 4.78 is 66.6. The van der Waals surface area contributed by atoms with Crippen LogP contribution in [0.4, 0.5) is 13.2 Å². The van der Waals surface area contributed by atoms with E-state index < -0.39 is 40.2 Å². The lowest BCUT2D eigenvalue weighted by Gasteiger charge is -2.16. The largest absolute Gasteiger partial charge is 0.438 e. The number of nitrogens with zero attached hydrogens (tertiary/aromatic N) is 2. The smallest absolute Gasteiger partial charge is 0.396 e. The maximum Gasteiger partial charge on any atom is 0.396 e. The van der Waals surface area contributed by atoms with Gasteiger partial charge >= 0.3 is 6.18 Å². The van der Waals surface area contributed by atoms with E-state index in [1.165, 1.54) is 6.08 Å². The second kappa shape index (κ2) is 9.04. The summed E-state index contributed by atoms with van der Waals surface area (Å²) in [6, 6.07) is 7.62. The molecule has 0 spiro atoms. The van der Waals surface area contributed by atoms with Crippen LogP contribution in [0, 0.1) is 5.92 Å². The van der Waals surface area contributed by atoms with Crippen molar-refractivity contribution in [2.75, 3.05) is 6.26 Å². The second-order valence-electron chi connectivity index (χ2n) is 7.21. The summed E-state index contributed by atoms with van der Waals surface area (Å²) in [5, 5.41) is 3.70. The van der Waals surface area contributed by atoms with Gasteiger partial charge in [0, 0.05) is 17.9 Å². The Balaban J connectivity index is 1.88. The van der Waals surface area contributed by atoms with E-state index >= 15 is 0 Å². The number of para-hydroxylation sites is 1. The van der Waals surface area contributed by atoms with Crippen molar-refractivity contribution in [3.05, 3.63) is 59.4 Å². The average molecular weight is 455 g/mol. The molecular formula is C20H20F3N3O4S. The molecule has 1 N–H and O–H groups in total. The van der Waals surface area contributed by atoms with Gasteiger partial charge in [0.05, 0.1) is 6.04 Å². The Labute approximate surface area is 177 Å². The normalized spacial score (nSPS) is 15.6. The van der Waals surface area contributed by atoms with Crippen LogP contribution in [-0.2, 0) is 16.3 Å². The molecule has 1 heterocycles. The summed E-state index contributed by atoms with van der Waals surface area (Å²) in [4.78, 5) is 20.3. The number of halogens is 3. The molecule has 1 aromatic heterocycles. The zero-order chi connectivity index (χ0) is 22.6. The number of carbonyl (C=O) groups excluding carboxylic acids is 1. The molecule has 166 valence electrons. The first-order valence-electron chi connectivity index (χ1n) is 9.35. The molecule has 31 heavy (non-hydrogen) atoms. The number of sulfone groups is 1. The molecule has 2 aromatic rings. The third-order valence-electron chi connectivity index (χ3n) is 4.33.